The Morgan fingerprint density at radius 3 is 2.81 bits per heavy atom. The quantitative estimate of drug-likeness (QED) is 0.541. The largest absolute Gasteiger partial charge is 0.385 e. The summed E-state index contributed by atoms with van der Waals surface area (Å²) in [5.74, 6) is -0.00123. The molecule has 92 valence electrons. The zero-order valence-electron chi connectivity index (χ0n) is 10.3. The lowest BCUT2D eigenvalue weighted by molar-refractivity contribution is 0.195. The van der Waals surface area contributed by atoms with Gasteiger partial charge in [0.05, 0.1) is 12.0 Å². The van der Waals surface area contributed by atoms with Crippen LogP contribution in [0.25, 0.3) is 0 Å². The van der Waals surface area contributed by atoms with Crippen LogP contribution in [0.2, 0.25) is 0 Å². The topological polar surface area (TPSA) is 48.3 Å². The normalized spacial score (nSPS) is 11.6. The van der Waals surface area contributed by atoms with Gasteiger partial charge in [0.1, 0.15) is 0 Å². The van der Waals surface area contributed by atoms with E-state index in [-0.39, 0.29) is 5.92 Å². The van der Waals surface area contributed by atoms with Crippen molar-refractivity contribution in [3.05, 3.63) is 0 Å². The highest BCUT2D eigenvalue weighted by atomic mass is 32.1. The number of nitriles is 1. The van der Waals surface area contributed by atoms with Gasteiger partial charge in [-0.3, -0.25) is 0 Å². The van der Waals surface area contributed by atoms with E-state index in [1.54, 1.807) is 7.11 Å². The van der Waals surface area contributed by atoms with Crippen molar-refractivity contribution in [3.8, 4) is 6.07 Å². The second-order valence-electron chi connectivity index (χ2n) is 3.65. The number of rotatable bonds is 7. The Morgan fingerprint density at radius 2 is 2.31 bits per heavy atom. The maximum Gasteiger partial charge on any atom is 0.168 e. The minimum atomic E-state index is -0.00123. The van der Waals surface area contributed by atoms with Gasteiger partial charge in [-0.25, -0.2) is 0 Å². The average molecular weight is 243 g/mol. The molecule has 0 aromatic heterocycles. The molecule has 0 spiro atoms. The molecule has 5 heteroatoms. The lowest BCUT2D eigenvalue weighted by Gasteiger charge is -2.25. The Balaban J connectivity index is 3.88. The van der Waals surface area contributed by atoms with Crippen molar-refractivity contribution < 1.29 is 4.74 Å². The van der Waals surface area contributed by atoms with Crippen molar-refractivity contribution in [1.82, 2.24) is 10.2 Å². The molecule has 0 bridgehead atoms. The monoisotopic (exact) mass is 243 g/mol. The van der Waals surface area contributed by atoms with Gasteiger partial charge in [-0.15, -0.1) is 0 Å². The average Bonchev–Trinajstić information content (AvgIpc) is 2.30. The predicted molar refractivity (Wildman–Crippen MR) is 69.1 cm³/mol. The van der Waals surface area contributed by atoms with E-state index in [9.17, 15) is 0 Å². The van der Waals surface area contributed by atoms with Crippen molar-refractivity contribution in [1.29, 1.82) is 5.26 Å². The smallest absolute Gasteiger partial charge is 0.168 e. The molecule has 0 aromatic rings. The predicted octanol–water partition coefficient (Wildman–Crippen LogP) is 1.38. The summed E-state index contributed by atoms with van der Waals surface area (Å²) in [5, 5.41) is 12.6. The van der Waals surface area contributed by atoms with Crippen LogP contribution < -0.4 is 5.32 Å². The Morgan fingerprint density at radius 1 is 1.62 bits per heavy atom. The number of nitrogens with one attached hydrogen (secondary N) is 1. The van der Waals surface area contributed by atoms with Crippen LogP contribution in [-0.4, -0.2) is 43.4 Å². The third kappa shape index (κ3) is 6.59. The fourth-order valence-electron chi connectivity index (χ4n) is 1.25. The zero-order chi connectivity index (χ0) is 12.4. The molecule has 1 unspecified atom stereocenters. The van der Waals surface area contributed by atoms with Gasteiger partial charge in [-0.2, -0.15) is 5.26 Å². The first kappa shape index (κ1) is 15.1. The van der Waals surface area contributed by atoms with Gasteiger partial charge in [-0.1, -0.05) is 0 Å². The first-order chi connectivity index (χ1) is 7.65. The molecule has 0 fully saturated rings. The number of methoxy groups -OCH3 is 1. The number of nitrogens with zero attached hydrogens (tertiary/aromatic N) is 2. The van der Waals surface area contributed by atoms with Gasteiger partial charge in [0.2, 0.25) is 0 Å². The second-order valence-corrected chi connectivity index (χ2v) is 4.03. The summed E-state index contributed by atoms with van der Waals surface area (Å²) in [6, 6.07) is 2.21. The van der Waals surface area contributed by atoms with Crippen molar-refractivity contribution in [2.24, 2.45) is 5.92 Å². The van der Waals surface area contributed by atoms with Crippen LogP contribution in [0.5, 0.6) is 0 Å². The number of hydrogen-bond acceptors (Lipinski definition) is 3. The molecule has 0 saturated heterocycles. The van der Waals surface area contributed by atoms with Crippen LogP contribution in [-0.2, 0) is 4.74 Å². The highest BCUT2D eigenvalue weighted by molar-refractivity contribution is 7.80. The molecule has 16 heavy (non-hydrogen) atoms. The van der Waals surface area contributed by atoms with Gasteiger partial charge < -0.3 is 15.0 Å². The molecule has 0 saturated carbocycles. The van der Waals surface area contributed by atoms with Gasteiger partial charge in [0.25, 0.3) is 0 Å². The first-order valence-electron chi connectivity index (χ1n) is 5.57. The van der Waals surface area contributed by atoms with Crippen molar-refractivity contribution >= 4 is 17.3 Å². The van der Waals surface area contributed by atoms with Crippen molar-refractivity contribution in [3.63, 3.8) is 0 Å². The molecule has 0 aromatic carbocycles. The lowest BCUT2D eigenvalue weighted by atomic mass is 10.2. The van der Waals surface area contributed by atoms with E-state index in [1.807, 2.05) is 18.7 Å². The summed E-state index contributed by atoms with van der Waals surface area (Å²) < 4.78 is 4.95. The Hall–Kier alpha value is -0.860. The summed E-state index contributed by atoms with van der Waals surface area (Å²) in [5.41, 5.74) is 0. The maximum absolute atomic E-state index is 8.75. The molecule has 1 atom stereocenters. The van der Waals surface area contributed by atoms with Crippen LogP contribution in [0.1, 0.15) is 20.3 Å². The molecule has 1 N–H and O–H groups in total. The van der Waals surface area contributed by atoms with E-state index in [1.165, 1.54) is 0 Å². The van der Waals surface area contributed by atoms with E-state index in [4.69, 9.17) is 22.2 Å². The first-order valence-corrected chi connectivity index (χ1v) is 5.97. The molecule has 4 nitrogen and oxygen atoms in total. The summed E-state index contributed by atoms with van der Waals surface area (Å²) in [6.07, 6.45) is 0.933. The van der Waals surface area contributed by atoms with Crippen LogP contribution in [0.3, 0.4) is 0 Å². The third-order valence-electron chi connectivity index (χ3n) is 2.19. The number of hydrogen-bond donors (Lipinski definition) is 1. The van der Waals surface area contributed by atoms with Gasteiger partial charge in [0, 0.05) is 33.4 Å². The molecule has 0 amide bonds. The SMILES string of the molecule is CCN(CC(C)C#N)C(=S)NCCCOC. The Bertz CT molecular complexity index is 240. The molecule has 0 aliphatic rings. The Kier molecular flexibility index (Phi) is 8.87. The molecular formula is C11H21N3OS. The second kappa shape index (κ2) is 9.37. The van der Waals surface area contributed by atoms with Crippen molar-refractivity contribution in [2.45, 2.75) is 20.3 Å². The van der Waals surface area contributed by atoms with Gasteiger partial charge in [-0.05, 0) is 32.5 Å². The van der Waals surface area contributed by atoms with E-state index in [0.717, 1.165) is 31.2 Å². The minimum Gasteiger partial charge on any atom is -0.385 e. The van der Waals surface area contributed by atoms with Gasteiger partial charge >= 0.3 is 0 Å². The fraction of sp³-hybridized carbons (Fsp3) is 0.818. The maximum atomic E-state index is 8.75. The van der Waals surface area contributed by atoms with Gasteiger partial charge in [0.15, 0.2) is 5.11 Å². The summed E-state index contributed by atoms with van der Waals surface area (Å²) in [6.45, 7) is 6.98. The van der Waals surface area contributed by atoms with Crippen LogP contribution in [0.15, 0.2) is 0 Å². The number of thiocarbonyl (C=S) groups is 1. The van der Waals surface area contributed by atoms with E-state index < -0.39 is 0 Å². The summed E-state index contributed by atoms with van der Waals surface area (Å²) in [7, 11) is 1.69. The Labute approximate surface area is 104 Å². The highest BCUT2D eigenvalue weighted by Gasteiger charge is 2.10. The molecule has 0 aliphatic carbocycles. The van der Waals surface area contributed by atoms with Crippen LogP contribution in [0, 0.1) is 17.2 Å². The summed E-state index contributed by atoms with van der Waals surface area (Å²) in [4.78, 5) is 2.01. The third-order valence-corrected chi connectivity index (χ3v) is 2.59. The van der Waals surface area contributed by atoms with Crippen LogP contribution >= 0.6 is 12.2 Å². The van der Waals surface area contributed by atoms with Crippen LogP contribution in [0.4, 0.5) is 0 Å². The number of ether oxygens (including phenoxy) is 1. The molecule has 0 heterocycles. The minimum absolute atomic E-state index is 0.00123. The molecular weight excluding hydrogens is 222 g/mol. The zero-order valence-corrected chi connectivity index (χ0v) is 11.1. The van der Waals surface area contributed by atoms with E-state index in [0.29, 0.717) is 6.54 Å². The lowest BCUT2D eigenvalue weighted by Crippen LogP contribution is -2.42. The highest BCUT2D eigenvalue weighted by Crippen LogP contribution is 1.99. The molecule has 0 radical (unpaired) electrons. The summed E-state index contributed by atoms with van der Waals surface area (Å²) >= 11 is 5.26. The fourth-order valence-corrected chi connectivity index (χ4v) is 1.56. The standard InChI is InChI=1S/C11H21N3OS/c1-4-14(9-10(2)8-12)11(16)13-6-5-7-15-3/h10H,4-7,9H2,1-3H3,(H,13,16). The molecule has 0 rings (SSSR count). The molecule has 0 aliphatic heterocycles. The van der Waals surface area contributed by atoms with E-state index >= 15 is 0 Å². The van der Waals surface area contributed by atoms with Crippen molar-refractivity contribution in [2.75, 3.05) is 33.4 Å². The van der Waals surface area contributed by atoms with E-state index in [2.05, 4.69) is 11.4 Å².